The third-order valence-corrected chi connectivity index (χ3v) is 3.37. The molecule has 0 spiro atoms. The van der Waals surface area contributed by atoms with Gasteiger partial charge in [0.25, 0.3) is 0 Å². The number of benzene rings is 1. The Hall–Kier alpha value is -0.700. The molecule has 0 bridgehead atoms. The zero-order chi connectivity index (χ0) is 10.1. The van der Waals surface area contributed by atoms with Gasteiger partial charge in [0.1, 0.15) is 0 Å². The van der Waals surface area contributed by atoms with Gasteiger partial charge in [-0.15, -0.1) is 0 Å². The molecule has 1 atom stereocenters. The Morgan fingerprint density at radius 3 is 3.07 bits per heavy atom. The van der Waals surface area contributed by atoms with E-state index in [1.165, 1.54) is 15.8 Å². The third-order valence-electron chi connectivity index (χ3n) is 2.73. The normalized spacial score (nSPS) is 20.2. The summed E-state index contributed by atoms with van der Waals surface area (Å²) in [7, 11) is 0. The molecule has 14 heavy (non-hydrogen) atoms. The van der Waals surface area contributed by atoms with Crippen molar-refractivity contribution in [3.8, 4) is 0 Å². The average molecular weight is 255 g/mol. The summed E-state index contributed by atoms with van der Waals surface area (Å²) in [4.78, 5) is 2.43. The Morgan fingerprint density at radius 1 is 1.57 bits per heavy atom. The van der Waals surface area contributed by atoms with Gasteiger partial charge >= 0.3 is 0 Å². The molecule has 0 saturated carbocycles. The summed E-state index contributed by atoms with van der Waals surface area (Å²) < 4.78 is 1.18. The molecular formula is C11H15BrN2. The summed E-state index contributed by atoms with van der Waals surface area (Å²) in [6, 6.07) is 6.86. The van der Waals surface area contributed by atoms with Gasteiger partial charge in [-0.2, -0.15) is 0 Å². The molecule has 2 rings (SSSR count). The fourth-order valence-electron chi connectivity index (χ4n) is 2.01. The van der Waals surface area contributed by atoms with Crippen LogP contribution in [-0.2, 0) is 0 Å². The van der Waals surface area contributed by atoms with E-state index < -0.39 is 0 Å². The molecule has 1 unspecified atom stereocenters. The monoisotopic (exact) mass is 254 g/mol. The van der Waals surface area contributed by atoms with E-state index in [0.29, 0.717) is 6.04 Å². The lowest BCUT2D eigenvalue weighted by Crippen LogP contribution is -2.42. The summed E-state index contributed by atoms with van der Waals surface area (Å²) in [5.74, 6) is 0. The van der Waals surface area contributed by atoms with Crippen LogP contribution in [0.4, 0.5) is 11.4 Å². The van der Waals surface area contributed by atoms with Crippen molar-refractivity contribution in [1.82, 2.24) is 0 Å². The maximum Gasteiger partial charge on any atom is 0.0749 e. The fourth-order valence-corrected chi connectivity index (χ4v) is 2.60. The predicted molar refractivity (Wildman–Crippen MR) is 65.1 cm³/mol. The van der Waals surface area contributed by atoms with Crippen molar-refractivity contribution in [2.24, 2.45) is 0 Å². The number of halogens is 1. The number of likely N-dealkylation sites (N-methyl/N-ethyl adjacent to an activating group) is 1. The van der Waals surface area contributed by atoms with Crippen molar-refractivity contribution in [2.75, 3.05) is 23.3 Å². The van der Waals surface area contributed by atoms with Gasteiger partial charge in [0.2, 0.25) is 0 Å². The molecule has 76 valence electrons. The molecule has 3 heteroatoms. The quantitative estimate of drug-likeness (QED) is 0.829. The van der Waals surface area contributed by atoms with E-state index in [9.17, 15) is 0 Å². The minimum atomic E-state index is 0.561. The fraction of sp³-hybridized carbons (Fsp3) is 0.455. The maximum absolute atomic E-state index is 3.61. The van der Waals surface area contributed by atoms with Gasteiger partial charge in [-0.05, 0) is 41.9 Å². The van der Waals surface area contributed by atoms with Crippen LogP contribution in [-0.4, -0.2) is 19.1 Å². The molecule has 1 heterocycles. The van der Waals surface area contributed by atoms with Gasteiger partial charge < -0.3 is 10.2 Å². The number of fused-ring (bicyclic) bond motifs is 1. The van der Waals surface area contributed by atoms with Crippen molar-refractivity contribution in [2.45, 2.75) is 19.9 Å². The summed E-state index contributed by atoms with van der Waals surface area (Å²) in [6.45, 7) is 6.53. The Kier molecular flexibility index (Phi) is 2.68. The van der Waals surface area contributed by atoms with Crippen LogP contribution in [0.15, 0.2) is 22.7 Å². The highest BCUT2D eigenvalue weighted by Crippen LogP contribution is 2.37. The van der Waals surface area contributed by atoms with E-state index in [-0.39, 0.29) is 0 Å². The predicted octanol–water partition coefficient (Wildman–Crippen LogP) is 3.09. The van der Waals surface area contributed by atoms with E-state index >= 15 is 0 Å². The van der Waals surface area contributed by atoms with Crippen molar-refractivity contribution >= 4 is 27.3 Å². The second kappa shape index (κ2) is 3.81. The molecule has 0 aromatic heterocycles. The van der Waals surface area contributed by atoms with Crippen molar-refractivity contribution in [1.29, 1.82) is 0 Å². The van der Waals surface area contributed by atoms with E-state index in [0.717, 1.165) is 13.1 Å². The largest absolute Gasteiger partial charge is 0.381 e. The molecule has 1 N–H and O–H groups in total. The topological polar surface area (TPSA) is 15.3 Å². The van der Waals surface area contributed by atoms with Gasteiger partial charge in [-0.1, -0.05) is 6.07 Å². The molecule has 1 aliphatic heterocycles. The highest BCUT2D eigenvalue weighted by molar-refractivity contribution is 9.10. The average Bonchev–Trinajstić information content (AvgIpc) is 2.19. The first kappa shape index (κ1) is 9.84. The first-order valence-electron chi connectivity index (χ1n) is 5.03. The van der Waals surface area contributed by atoms with Crippen molar-refractivity contribution in [3.63, 3.8) is 0 Å². The first-order chi connectivity index (χ1) is 6.74. The van der Waals surface area contributed by atoms with E-state index in [4.69, 9.17) is 0 Å². The summed E-state index contributed by atoms with van der Waals surface area (Å²) >= 11 is 3.61. The number of nitrogens with one attached hydrogen (secondary N) is 1. The minimum absolute atomic E-state index is 0.561. The third kappa shape index (κ3) is 1.50. The highest BCUT2D eigenvalue weighted by atomic mass is 79.9. The molecule has 0 radical (unpaired) electrons. The van der Waals surface area contributed by atoms with Crippen LogP contribution < -0.4 is 10.2 Å². The van der Waals surface area contributed by atoms with Crippen LogP contribution in [0.5, 0.6) is 0 Å². The Labute approximate surface area is 93.4 Å². The zero-order valence-corrected chi connectivity index (χ0v) is 10.1. The summed E-state index contributed by atoms with van der Waals surface area (Å²) in [5, 5.41) is 3.45. The number of hydrogen-bond acceptors (Lipinski definition) is 2. The van der Waals surface area contributed by atoms with E-state index in [1.807, 2.05) is 0 Å². The molecule has 0 fully saturated rings. The summed E-state index contributed by atoms with van der Waals surface area (Å²) in [6.07, 6.45) is 0. The minimum Gasteiger partial charge on any atom is -0.381 e. The molecular weight excluding hydrogens is 240 g/mol. The van der Waals surface area contributed by atoms with Crippen LogP contribution in [0.2, 0.25) is 0 Å². The van der Waals surface area contributed by atoms with Gasteiger partial charge in [-0.3, -0.25) is 0 Å². The lowest BCUT2D eigenvalue weighted by atomic mass is 10.1. The highest BCUT2D eigenvalue weighted by Gasteiger charge is 2.22. The number of para-hydroxylation sites is 1. The SMILES string of the molecule is CCN1c2c(Br)cccc2NCC1C. The molecule has 0 aliphatic carbocycles. The van der Waals surface area contributed by atoms with Gasteiger partial charge in [0, 0.05) is 23.6 Å². The van der Waals surface area contributed by atoms with Crippen LogP contribution in [0.25, 0.3) is 0 Å². The standard InChI is InChI=1S/C11H15BrN2/c1-3-14-8(2)7-13-10-6-4-5-9(12)11(10)14/h4-6,8,13H,3,7H2,1-2H3. The molecule has 0 amide bonds. The Balaban J connectivity index is 2.49. The number of nitrogens with zero attached hydrogens (tertiary/aromatic N) is 1. The molecule has 1 aromatic carbocycles. The van der Waals surface area contributed by atoms with Crippen molar-refractivity contribution in [3.05, 3.63) is 22.7 Å². The molecule has 1 aliphatic rings. The van der Waals surface area contributed by atoms with E-state index in [1.54, 1.807) is 0 Å². The maximum atomic E-state index is 3.61. The molecule has 2 nitrogen and oxygen atoms in total. The van der Waals surface area contributed by atoms with E-state index in [2.05, 4.69) is 58.2 Å². The van der Waals surface area contributed by atoms with Crippen molar-refractivity contribution < 1.29 is 0 Å². The number of rotatable bonds is 1. The molecule has 1 aromatic rings. The van der Waals surface area contributed by atoms with Crippen LogP contribution >= 0.6 is 15.9 Å². The number of anilines is 2. The Morgan fingerprint density at radius 2 is 2.36 bits per heavy atom. The summed E-state index contributed by atoms with van der Waals surface area (Å²) in [5.41, 5.74) is 2.54. The number of hydrogen-bond donors (Lipinski definition) is 1. The van der Waals surface area contributed by atoms with Crippen LogP contribution in [0.3, 0.4) is 0 Å². The second-order valence-electron chi connectivity index (χ2n) is 3.65. The Bertz CT molecular complexity index is 338. The van der Waals surface area contributed by atoms with Gasteiger partial charge in [0.15, 0.2) is 0 Å². The van der Waals surface area contributed by atoms with Crippen LogP contribution in [0.1, 0.15) is 13.8 Å². The zero-order valence-electron chi connectivity index (χ0n) is 8.55. The first-order valence-corrected chi connectivity index (χ1v) is 5.82. The second-order valence-corrected chi connectivity index (χ2v) is 4.51. The van der Waals surface area contributed by atoms with Gasteiger partial charge in [-0.25, -0.2) is 0 Å². The van der Waals surface area contributed by atoms with Gasteiger partial charge in [0.05, 0.1) is 11.4 Å². The van der Waals surface area contributed by atoms with Crippen LogP contribution in [0, 0.1) is 0 Å². The lowest BCUT2D eigenvalue weighted by molar-refractivity contribution is 0.658. The lowest BCUT2D eigenvalue weighted by Gasteiger charge is -2.37. The molecule has 0 saturated heterocycles. The smallest absolute Gasteiger partial charge is 0.0749 e.